The summed E-state index contributed by atoms with van der Waals surface area (Å²) in [6.07, 6.45) is 1.95. The Labute approximate surface area is 121 Å². The number of rotatable bonds is 3. The van der Waals surface area contributed by atoms with Crippen LogP contribution in [0.2, 0.25) is 0 Å². The van der Waals surface area contributed by atoms with Gasteiger partial charge in [-0.2, -0.15) is 0 Å². The Balaban J connectivity index is 1.54. The van der Waals surface area contributed by atoms with Crippen LogP contribution in [0.4, 0.5) is 0 Å². The van der Waals surface area contributed by atoms with Gasteiger partial charge in [-0.1, -0.05) is 6.07 Å². The van der Waals surface area contributed by atoms with E-state index in [1.54, 1.807) is 12.1 Å². The second-order valence-corrected chi connectivity index (χ2v) is 5.01. The highest BCUT2D eigenvalue weighted by Crippen LogP contribution is 2.34. The number of nitrogens with zero attached hydrogens (tertiary/aromatic N) is 3. The van der Waals surface area contributed by atoms with Crippen LogP contribution in [0.3, 0.4) is 0 Å². The molecule has 0 fully saturated rings. The summed E-state index contributed by atoms with van der Waals surface area (Å²) in [4.78, 5) is 0. The largest absolute Gasteiger partial charge is 0.508 e. The Morgan fingerprint density at radius 1 is 1.29 bits per heavy atom. The normalized spacial score (nSPS) is 16.9. The summed E-state index contributed by atoms with van der Waals surface area (Å²) in [5.41, 5.74) is 1.89. The third-order valence-corrected chi connectivity index (χ3v) is 3.67. The van der Waals surface area contributed by atoms with Crippen LogP contribution in [0.15, 0.2) is 42.6 Å². The molecule has 0 bridgehead atoms. The van der Waals surface area contributed by atoms with Crippen LogP contribution in [0.1, 0.15) is 17.4 Å². The highest BCUT2D eigenvalue weighted by Gasteiger charge is 2.24. The molecule has 0 amide bonds. The molecule has 0 aliphatic carbocycles. The van der Waals surface area contributed by atoms with Gasteiger partial charge in [0.2, 0.25) is 0 Å². The Bertz CT molecular complexity index is 799. The Kier molecular flexibility index (Phi) is 2.75. The van der Waals surface area contributed by atoms with Crippen LogP contribution in [0, 0.1) is 0 Å². The molecule has 1 aliphatic rings. The molecular weight excluding hydrogens is 268 g/mol. The SMILES string of the molecule is Oc1ccc2c(c1)OCC2NCc1nnc2ccccn12. The van der Waals surface area contributed by atoms with Gasteiger partial charge >= 0.3 is 0 Å². The number of ether oxygens (including phenoxy) is 1. The smallest absolute Gasteiger partial charge is 0.160 e. The summed E-state index contributed by atoms with van der Waals surface area (Å²) in [7, 11) is 0. The second kappa shape index (κ2) is 4.75. The molecule has 2 N–H and O–H groups in total. The lowest BCUT2D eigenvalue weighted by Gasteiger charge is -2.10. The monoisotopic (exact) mass is 282 g/mol. The van der Waals surface area contributed by atoms with Crippen molar-refractivity contribution in [2.24, 2.45) is 0 Å². The van der Waals surface area contributed by atoms with E-state index in [0.717, 1.165) is 22.8 Å². The summed E-state index contributed by atoms with van der Waals surface area (Å²) >= 11 is 0. The Morgan fingerprint density at radius 3 is 3.19 bits per heavy atom. The average Bonchev–Trinajstić information content (AvgIpc) is 3.08. The van der Waals surface area contributed by atoms with E-state index in [9.17, 15) is 5.11 Å². The quantitative estimate of drug-likeness (QED) is 0.764. The average molecular weight is 282 g/mol. The predicted molar refractivity (Wildman–Crippen MR) is 76.2 cm³/mol. The van der Waals surface area contributed by atoms with Crippen molar-refractivity contribution in [1.29, 1.82) is 0 Å². The van der Waals surface area contributed by atoms with Crippen molar-refractivity contribution >= 4 is 5.65 Å². The van der Waals surface area contributed by atoms with Gasteiger partial charge in [0.1, 0.15) is 18.1 Å². The van der Waals surface area contributed by atoms with E-state index in [4.69, 9.17) is 4.74 Å². The third-order valence-electron chi connectivity index (χ3n) is 3.67. The van der Waals surface area contributed by atoms with Crippen LogP contribution in [0.5, 0.6) is 11.5 Å². The Morgan fingerprint density at radius 2 is 2.24 bits per heavy atom. The minimum absolute atomic E-state index is 0.0941. The lowest BCUT2D eigenvalue weighted by Crippen LogP contribution is -2.23. The maximum Gasteiger partial charge on any atom is 0.160 e. The van der Waals surface area contributed by atoms with Gasteiger partial charge in [-0.25, -0.2) is 0 Å². The van der Waals surface area contributed by atoms with Crippen molar-refractivity contribution in [2.45, 2.75) is 12.6 Å². The third kappa shape index (κ3) is 2.09. The first-order chi connectivity index (χ1) is 10.3. The second-order valence-electron chi connectivity index (χ2n) is 5.01. The number of fused-ring (bicyclic) bond motifs is 2. The van der Waals surface area contributed by atoms with Crippen LogP contribution in [-0.2, 0) is 6.54 Å². The van der Waals surface area contributed by atoms with Gasteiger partial charge < -0.3 is 9.84 Å². The number of phenolic OH excluding ortho intramolecular Hbond substituents is 1. The molecule has 106 valence electrons. The maximum absolute atomic E-state index is 9.46. The van der Waals surface area contributed by atoms with Gasteiger partial charge in [0.05, 0.1) is 12.6 Å². The fourth-order valence-electron chi connectivity index (χ4n) is 2.59. The predicted octanol–water partition coefficient (Wildman–Crippen LogP) is 1.66. The first-order valence-corrected chi connectivity index (χ1v) is 6.79. The molecule has 0 spiro atoms. The lowest BCUT2D eigenvalue weighted by molar-refractivity contribution is 0.308. The number of aromatic hydroxyl groups is 1. The number of nitrogens with one attached hydrogen (secondary N) is 1. The number of hydrogen-bond donors (Lipinski definition) is 2. The van der Waals surface area contributed by atoms with Crippen molar-refractivity contribution in [3.8, 4) is 11.5 Å². The van der Waals surface area contributed by atoms with Gasteiger partial charge in [0.15, 0.2) is 11.5 Å². The van der Waals surface area contributed by atoms with Crippen LogP contribution >= 0.6 is 0 Å². The zero-order chi connectivity index (χ0) is 14.2. The molecule has 6 heteroatoms. The van der Waals surface area contributed by atoms with Gasteiger partial charge in [-0.05, 0) is 24.3 Å². The molecule has 0 saturated heterocycles. The first-order valence-electron chi connectivity index (χ1n) is 6.79. The van der Waals surface area contributed by atoms with Gasteiger partial charge in [0, 0.05) is 17.8 Å². The number of phenols is 1. The molecule has 1 unspecified atom stereocenters. The standard InChI is InChI=1S/C15H14N4O2/c20-10-4-5-11-12(9-21-13(11)7-10)16-8-15-18-17-14-3-1-2-6-19(14)15/h1-7,12,16,20H,8-9H2. The van der Waals surface area contributed by atoms with E-state index in [0.29, 0.717) is 13.2 Å². The van der Waals surface area contributed by atoms with E-state index in [2.05, 4.69) is 15.5 Å². The van der Waals surface area contributed by atoms with Crippen molar-refractivity contribution in [1.82, 2.24) is 19.9 Å². The summed E-state index contributed by atoms with van der Waals surface area (Å²) in [5, 5.41) is 21.2. The minimum atomic E-state index is 0.0941. The maximum atomic E-state index is 9.46. The molecule has 6 nitrogen and oxygen atoms in total. The Hall–Kier alpha value is -2.60. The molecule has 1 aromatic carbocycles. The fraction of sp³-hybridized carbons (Fsp3) is 0.200. The molecule has 3 aromatic rings. The molecule has 21 heavy (non-hydrogen) atoms. The van der Waals surface area contributed by atoms with Gasteiger partial charge in [0.25, 0.3) is 0 Å². The topological polar surface area (TPSA) is 71.7 Å². The number of pyridine rings is 1. The number of benzene rings is 1. The van der Waals surface area contributed by atoms with E-state index in [1.807, 2.05) is 34.9 Å². The molecular formula is C15H14N4O2. The highest BCUT2D eigenvalue weighted by molar-refractivity contribution is 5.44. The summed E-state index contributed by atoms with van der Waals surface area (Å²) in [5.74, 6) is 1.81. The summed E-state index contributed by atoms with van der Waals surface area (Å²) in [6, 6.07) is 11.1. The van der Waals surface area contributed by atoms with E-state index >= 15 is 0 Å². The lowest BCUT2D eigenvalue weighted by atomic mass is 10.1. The zero-order valence-corrected chi connectivity index (χ0v) is 11.2. The van der Waals surface area contributed by atoms with Crippen molar-refractivity contribution < 1.29 is 9.84 Å². The van der Waals surface area contributed by atoms with Crippen LogP contribution in [0.25, 0.3) is 5.65 Å². The molecule has 1 atom stereocenters. The molecule has 1 aliphatic heterocycles. The first kappa shape index (κ1) is 12.2. The van der Waals surface area contributed by atoms with Crippen LogP contribution in [-0.4, -0.2) is 26.3 Å². The summed E-state index contributed by atoms with van der Waals surface area (Å²) in [6.45, 7) is 1.15. The molecule has 4 rings (SSSR count). The minimum Gasteiger partial charge on any atom is -0.508 e. The zero-order valence-electron chi connectivity index (χ0n) is 11.2. The van der Waals surface area contributed by atoms with Crippen molar-refractivity contribution in [3.63, 3.8) is 0 Å². The van der Waals surface area contributed by atoms with Crippen LogP contribution < -0.4 is 10.1 Å². The number of hydrogen-bond acceptors (Lipinski definition) is 5. The summed E-state index contributed by atoms with van der Waals surface area (Å²) < 4.78 is 7.54. The van der Waals surface area contributed by atoms with Crippen molar-refractivity contribution in [2.75, 3.05) is 6.61 Å². The highest BCUT2D eigenvalue weighted by atomic mass is 16.5. The van der Waals surface area contributed by atoms with E-state index < -0.39 is 0 Å². The van der Waals surface area contributed by atoms with Gasteiger partial charge in [-0.3, -0.25) is 9.72 Å². The molecule has 0 radical (unpaired) electrons. The molecule has 0 saturated carbocycles. The van der Waals surface area contributed by atoms with E-state index in [-0.39, 0.29) is 11.8 Å². The number of aromatic nitrogens is 3. The molecule has 3 heterocycles. The molecule has 2 aromatic heterocycles. The van der Waals surface area contributed by atoms with Gasteiger partial charge in [-0.15, -0.1) is 10.2 Å². The fourth-order valence-corrected chi connectivity index (χ4v) is 2.59. The van der Waals surface area contributed by atoms with Crippen molar-refractivity contribution in [3.05, 3.63) is 54.0 Å². The van der Waals surface area contributed by atoms with E-state index in [1.165, 1.54) is 0 Å².